The minimum atomic E-state index is -0.396. The van der Waals surface area contributed by atoms with Crippen molar-refractivity contribution in [3.05, 3.63) is 24.3 Å². The molecule has 0 bridgehead atoms. The van der Waals surface area contributed by atoms with Crippen LogP contribution in [0.25, 0.3) is 0 Å². The maximum atomic E-state index is 10.9. The van der Waals surface area contributed by atoms with E-state index >= 15 is 0 Å². The van der Waals surface area contributed by atoms with Crippen LogP contribution in [0.4, 0.5) is 4.79 Å². The van der Waals surface area contributed by atoms with Gasteiger partial charge in [-0.2, -0.15) is 0 Å². The average Bonchev–Trinajstić information content (AvgIpc) is 2.75. The molecule has 16 heavy (non-hydrogen) atoms. The minimum Gasteiger partial charge on any atom is -0.486 e. The number of benzene rings is 1. The summed E-state index contributed by atoms with van der Waals surface area (Å²) < 4.78 is 16.3. The highest BCUT2D eigenvalue weighted by Crippen LogP contribution is 2.32. The lowest BCUT2D eigenvalue weighted by atomic mass is 10.2. The molecular formula is C11H11NO4. The number of hydrogen-bond donors (Lipinski definition) is 1. The zero-order valence-corrected chi connectivity index (χ0v) is 8.51. The molecule has 0 aromatic heterocycles. The highest BCUT2D eigenvalue weighted by Gasteiger charge is 2.35. The summed E-state index contributed by atoms with van der Waals surface area (Å²) in [7, 11) is 0. The van der Waals surface area contributed by atoms with Crippen molar-refractivity contribution in [3.63, 3.8) is 0 Å². The van der Waals surface area contributed by atoms with Crippen LogP contribution in [0, 0.1) is 0 Å². The van der Waals surface area contributed by atoms with Gasteiger partial charge in [0.05, 0.1) is 6.54 Å². The number of carbonyl (C=O) groups excluding carboxylic acids is 1. The lowest BCUT2D eigenvalue weighted by Gasteiger charge is -2.28. The minimum absolute atomic E-state index is 0.242. The van der Waals surface area contributed by atoms with Gasteiger partial charge in [0, 0.05) is 0 Å². The molecule has 1 N–H and O–H groups in total. The summed E-state index contributed by atoms with van der Waals surface area (Å²) in [6.07, 6.45) is -0.915. The summed E-state index contributed by atoms with van der Waals surface area (Å²) in [6.45, 7) is 0.867. The van der Waals surface area contributed by atoms with E-state index in [2.05, 4.69) is 5.32 Å². The first-order valence-electron chi connectivity index (χ1n) is 5.16. The second-order valence-corrected chi connectivity index (χ2v) is 3.74. The molecule has 1 saturated heterocycles. The van der Waals surface area contributed by atoms with Gasteiger partial charge < -0.3 is 19.5 Å². The van der Waals surface area contributed by atoms with Gasteiger partial charge in [-0.05, 0) is 12.1 Å². The van der Waals surface area contributed by atoms with Crippen LogP contribution in [0.15, 0.2) is 24.3 Å². The Bertz CT molecular complexity index is 420. The fourth-order valence-corrected chi connectivity index (χ4v) is 1.83. The standard InChI is InChI=1S/C11H11NO4/c13-11-12-5-9(16-11)10-6-14-7-3-1-2-4-8(7)15-10/h1-4,9-10H,5-6H2,(H,12,13). The largest absolute Gasteiger partial charge is 0.486 e. The van der Waals surface area contributed by atoms with Gasteiger partial charge in [-0.3, -0.25) is 0 Å². The van der Waals surface area contributed by atoms with E-state index in [1.807, 2.05) is 24.3 Å². The smallest absolute Gasteiger partial charge is 0.407 e. The average molecular weight is 221 g/mol. The second kappa shape index (κ2) is 3.59. The number of carbonyl (C=O) groups is 1. The van der Waals surface area contributed by atoms with Crippen molar-refractivity contribution < 1.29 is 19.0 Å². The van der Waals surface area contributed by atoms with E-state index < -0.39 is 6.09 Å². The predicted molar refractivity (Wildman–Crippen MR) is 54.6 cm³/mol. The zero-order valence-electron chi connectivity index (χ0n) is 8.51. The Kier molecular flexibility index (Phi) is 2.09. The van der Waals surface area contributed by atoms with Crippen molar-refractivity contribution in [2.45, 2.75) is 12.2 Å². The molecular weight excluding hydrogens is 210 g/mol. The summed E-state index contributed by atoms with van der Waals surface area (Å²) in [6, 6.07) is 7.46. The first kappa shape index (κ1) is 9.33. The van der Waals surface area contributed by atoms with Gasteiger partial charge >= 0.3 is 6.09 Å². The molecule has 0 radical (unpaired) electrons. The molecule has 5 nitrogen and oxygen atoms in total. The van der Waals surface area contributed by atoms with E-state index in [-0.39, 0.29) is 12.2 Å². The molecule has 0 saturated carbocycles. The molecule has 1 amide bonds. The molecule has 3 rings (SSSR count). The number of para-hydroxylation sites is 2. The first-order valence-corrected chi connectivity index (χ1v) is 5.16. The third kappa shape index (κ3) is 1.54. The van der Waals surface area contributed by atoms with Crippen LogP contribution in [0.1, 0.15) is 0 Å². The lowest BCUT2D eigenvalue weighted by Crippen LogP contribution is -2.41. The third-order valence-electron chi connectivity index (χ3n) is 2.65. The number of amides is 1. The van der Waals surface area contributed by atoms with Crippen molar-refractivity contribution in [1.29, 1.82) is 0 Å². The third-order valence-corrected chi connectivity index (χ3v) is 2.65. The van der Waals surface area contributed by atoms with Gasteiger partial charge in [0.2, 0.25) is 0 Å². The summed E-state index contributed by atoms with van der Waals surface area (Å²) in [5.74, 6) is 1.43. The van der Waals surface area contributed by atoms with Crippen LogP contribution < -0.4 is 14.8 Å². The number of cyclic esters (lactones) is 1. The van der Waals surface area contributed by atoms with Crippen LogP contribution >= 0.6 is 0 Å². The monoisotopic (exact) mass is 221 g/mol. The van der Waals surface area contributed by atoms with Crippen molar-refractivity contribution in [1.82, 2.24) is 5.32 Å². The normalized spacial score (nSPS) is 27.1. The molecule has 0 spiro atoms. The molecule has 84 valence electrons. The van der Waals surface area contributed by atoms with Gasteiger partial charge in [0.1, 0.15) is 6.61 Å². The molecule has 2 unspecified atom stereocenters. The molecule has 2 atom stereocenters. The first-order chi connectivity index (χ1) is 7.83. The summed E-state index contributed by atoms with van der Waals surface area (Å²) in [4.78, 5) is 10.9. The van der Waals surface area contributed by atoms with Crippen LogP contribution in [-0.4, -0.2) is 31.5 Å². The number of nitrogens with one attached hydrogen (secondary N) is 1. The molecule has 5 heteroatoms. The molecule has 0 aliphatic carbocycles. The van der Waals surface area contributed by atoms with Crippen LogP contribution in [-0.2, 0) is 4.74 Å². The highest BCUT2D eigenvalue weighted by molar-refractivity contribution is 5.69. The molecule has 2 heterocycles. The lowest BCUT2D eigenvalue weighted by molar-refractivity contribution is 0.00246. The van der Waals surface area contributed by atoms with E-state index in [4.69, 9.17) is 14.2 Å². The Morgan fingerprint density at radius 2 is 1.94 bits per heavy atom. The van der Waals surface area contributed by atoms with E-state index in [1.54, 1.807) is 0 Å². The van der Waals surface area contributed by atoms with E-state index in [1.165, 1.54) is 0 Å². The van der Waals surface area contributed by atoms with Crippen LogP contribution in [0.3, 0.4) is 0 Å². The van der Waals surface area contributed by atoms with Gasteiger partial charge in [-0.1, -0.05) is 12.1 Å². The number of fused-ring (bicyclic) bond motifs is 1. The SMILES string of the molecule is O=C1NCC(C2COc3ccccc3O2)O1. The number of hydrogen-bond acceptors (Lipinski definition) is 4. The maximum Gasteiger partial charge on any atom is 0.407 e. The zero-order chi connectivity index (χ0) is 11.0. The van der Waals surface area contributed by atoms with Crippen molar-refractivity contribution in [3.8, 4) is 11.5 Å². The van der Waals surface area contributed by atoms with Crippen molar-refractivity contribution in [2.75, 3.05) is 13.2 Å². The molecule has 2 aliphatic heterocycles. The summed E-state index contributed by atoms with van der Waals surface area (Å²) in [5.41, 5.74) is 0. The maximum absolute atomic E-state index is 10.9. The van der Waals surface area contributed by atoms with Crippen LogP contribution in [0.2, 0.25) is 0 Å². The molecule has 1 aromatic carbocycles. The quantitative estimate of drug-likeness (QED) is 0.766. The summed E-state index contributed by atoms with van der Waals surface area (Å²) in [5, 5.41) is 2.59. The van der Waals surface area contributed by atoms with Gasteiger partial charge in [-0.25, -0.2) is 4.79 Å². The Labute approximate surface area is 92.3 Å². The fraction of sp³-hybridized carbons (Fsp3) is 0.364. The topological polar surface area (TPSA) is 56.8 Å². The molecule has 1 fully saturated rings. The van der Waals surface area contributed by atoms with Crippen LogP contribution in [0.5, 0.6) is 11.5 Å². The van der Waals surface area contributed by atoms with E-state index in [9.17, 15) is 4.79 Å². The van der Waals surface area contributed by atoms with Crippen molar-refractivity contribution >= 4 is 6.09 Å². The molecule has 1 aromatic rings. The second-order valence-electron chi connectivity index (χ2n) is 3.74. The van der Waals surface area contributed by atoms with Crippen molar-refractivity contribution in [2.24, 2.45) is 0 Å². The van der Waals surface area contributed by atoms with Gasteiger partial charge in [-0.15, -0.1) is 0 Å². The molecule has 2 aliphatic rings. The number of rotatable bonds is 1. The number of ether oxygens (including phenoxy) is 3. The Balaban J connectivity index is 1.75. The highest BCUT2D eigenvalue weighted by atomic mass is 16.6. The fourth-order valence-electron chi connectivity index (χ4n) is 1.83. The van der Waals surface area contributed by atoms with E-state index in [0.717, 1.165) is 5.75 Å². The Hall–Kier alpha value is -1.91. The van der Waals surface area contributed by atoms with E-state index in [0.29, 0.717) is 18.9 Å². The Morgan fingerprint density at radius 3 is 2.69 bits per heavy atom. The summed E-state index contributed by atoms with van der Waals surface area (Å²) >= 11 is 0. The Morgan fingerprint density at radius 1 is 1.12 bits per heavy atom. The number of alkyl carbamates (subject to hydrolysis) is 1. The van der Waals surface area contributed by atoms with Gasteiger partial charge in [0.25, 0.3) is 0 Å². The predicted octanol–water partition coefficient (Wildman–Crippen LogP) is 0.935. The van der Waals surface area contributed by atoms with Gasteiger partial charge in [0.15, 0.2) is 23.7 Å².